The zero-order chi connectivity index (χ0) is 26.8. The Morgan fingerprint density at radius 1 is 1.13 bits per heavy atom. The summed E-state index contributed by atoms with van der Waals surface area (Å²) in [6.07, 6.45) is 3.89. The van der Waals surface area contributed by atoms with Crippen LogP contribution in [0.4, 0.5) is 10.1 Å². The number of nitrogens with zero attached hydrogens (tertiary/aromatic N) is 4. The second-order valence-electron chi connectivity index (χ2n) is 10.9. The number of anilines is 1. The molecule has 7 nitrogen and oxygen atoms in total. The summed E-state index contributed by atoms with van der Waals surface area (Å²) >= 11 is 5.93. The molecule has 198 valence electrons. The van der Waals surface area contributed by atoms with Crippen LogP contribution in [-0.2, 0) is 4.79 Å². The van der Waals surface area contributed by atoms with Gasteiger partial charge in [0.15, 0.2) is 0 Å². The van der Waals surface area contributed by atoms with Gasteiger partial charge in [0.25, 0.3) is 0 Å². The van der Waals surface area contributed by atoms with Gasteiger partial charge in [-0.2, -0.15) is 0 Å². The highest BCUT2D eigenvalue weighted by atomic mass is 35.5. The molecule has 2 aromatic heterocycles. The number of imidazole rings is 1. The maximum absolute atomic E-state index is 14.4. The van der Waals surface area contributed by atoms with Crippen LogP contribution in [0.2, 0.25) is 5.02 Å². The van der Waals surface area contributed by atoms with E-state index in [1.165, 1.54) is 12.1 Å². The Kier molecular flexibility index (Phi) is 6.07. The third kappa shape index (κ3) is 4.20. The highest BCUT2D eigenvalue weighted by molar-refractivity contribution is 6.30. The Bertz CT molecular complexity index is 1530. The van der Waals surface area contributed by atoms with E-state index in [9.17, 15) is 14.3 Å². The molecule has 38 heavy (non-hydrogen) atoms. The lowest BCUT2D eigenvalue weighted by Gasteiger charge is -2.35. The molecule has 2 aliphatic rings. The lowest BCUT2D eigenvalue weighted by atomic mass is 9.83. The largest absolute Gasteiger partial charge is 0.390 e. The Morgan fingerprint density at radius 2 is 1.89 bits per heavy atom. The van der Waals surface area contributed by atoms with Crippen molar-refractivity contribution in [2.45, 2.75) is 77.0 Å². The first-order chi connectivity index (χ1) is 18.1. The number of aliphatic hydroxyl groups is 1. The van der Waals surface area contributed by atoms with Crippen molar-refractivity contribution >= 4 is 34.2 Å². The number of aromatic nitrogens is 3. The summed E-state index contributed by atoms with van der Waals surface area (Å²) in [4.78, 5) is 19.9. The fourth-order valence-electron chi connectivity index (χ4n) is 6.16. The second-order valence-corrected chi connectivity index (χ2v) is 11.3. The number of fused-ring (bicyclic) bond motifs is 1. The molecule has 0 radical (unpaired) electrons. The van der Waals surface area contributed by atoms with Crippen molar-refractivity contribution in [2.75, 3.05) is 4.90 Å². The molecule has 0 spiro atoms. The zero-order valence-electron chi connectivity index (χ0n) is 21.7. The van der Waals surface area contributed by atoms with Gasteiger partial charge in [0, 0.05) is 23.7 Å². The van der Waals surface area contributed by atoms with Crippen molar-refractivity contribution in [3.8, 4) is 11.1 Å². The second kappa shape index (κ2) is 9.20. The lowest BCUT2D eigenvalue weighted by molar-refractivity contribution is -0.117. The zero-order valence-corrected chi connectivity index (χ0v) is 22.4. The van der Waals surface area contributed by atoms with Crippen LogP contribution in [0.25, 0.3) is 22.2 Å². The van der Waals surface area contributed by atoms with E-state index >= 15 is 0 Å². The van der Waals surface area contributed by atoms with Gasteiger partial charge in [-0.3, -0.25) is 4.79 Å². The van der Waals surface area contributed by atoms with Crippen LogP contribution < -0.4 is 4.90 Å². The summed E-state index contributed by atoms with van der Waals surface area (Å²) in [7, 11) is 0. The maximum Gasteiger partial charge on any atom is 0.227 e. The smallest absolute Gasteiger partial charge is 0.227 e. The third-order valence-electron chi connectivity index (χ3n) is 8.13. The molecule has 6 rings (SSSR count). The maximum atomic E-state index is 14.4. The van der Waals surface area contributed by atoms with E-state index in [4.69, 9.17) is 21.1 Å². The molecule has 1 atom stereocenters. The van der Waals surface area contributed by atoms with Gasteiger partial charge in [0.05, 0.1) is 33.4 Å². The predicted octanol–water partition coefficient (Wildman–Crippen LogP) is 6.83. The molecule has 1 aliphatic heterocycles. The molecule has 4 aromatic rings. The number of aryl methyl sites for hydroxylation is 2. The number of rotatable bonds is 4. The summed E-state index contributed by atoms with van der Waals surface area (Å²) in [5.74, 6) is 0.894. The van der Waals surface area contributed by atoms with Crippen LogP contribution in [-0.4, -0.2) is 31.3 Å². The molecule has 2 fully saturated rings. The van der Waals surface area contributed by atoms with Gasteiger partial charge < -0.3 is 19.1 Å². The minimum atomic E-state index is -0.681. The lowest BCUT2D eigenvalue weighted by Crippen LogP contribution is -2.33. The average Bonchev–Trinajstić information content (AvgIpc) is 3.55. The van der Waals surface area contributed by atoms with Crippen LogP contribution in [0.15, 0.2) is 40.9 Å². The fraction of sp³-hybridized carbons (Fsp3) is 0.414. The van der Waals surface area contributed by atoms with Crippen LogP contribution in [0.5, 0.6) is 0 Å². The van der Waals surface area contributed by atoms with Crippen LogP contribution >= 0.6 is 11.6 Å². The molecule has 1 unspecified atom stereocenters. The summed E-state index contributed by atoms with van der Waals surface area (Å²) in [6.45, 7) is 5.70. The average molecular weight is 537 g/mol. The van der Waals surface area contributed by atoms with Crippen molar-refractivity contribution in [3.05, 3.63) is 64.5 Å². The first-order valence-electron chi connectivity index (χ1n) is 13.1. The van der Waals surface area contributed by atoms with Crippen LogP contribution in [0.1, 0.15) is 74.8 Å². The van der Waals surface area contributed by atoms with E-state index in [1.54, 1.807) is 11.0 Å². The van der Waals surface area contributed by atoms with E-state index in [0.717, 1.165) is 52.3 Å². The van der Waals surface area contributed by atoms with Crippen molar-refractivity contribution in [1.29, 1.82) is 0 Å². The highest BCUT2D eigenvalue weighted by Crippen LogP contribution is 2.43. The highest BCUT2D eigenvalue weighted by Gasteiger charge is 2.39. The standard InChI is InChI=1S/C29H30ClFN4O3/c1-16-27(17(2)38-33-16)18-4-7-24-23(14-18)32-28(35(24)19-10-12-29(3,37)13-11-19)25-8-9-26(36)34(25)20-5-6-21(30)22(31)15-20/h4-7,14-15,19,25,37H,8-13H2,1-3H3. The normalized spacial score (nSPS) is 24.1. The number of hydrogen-bond donors (Lipinski definition) is 1. The van der Waals surface area contributed by atoms with Crippen molar-refractivity contribution in [3.63, 3.8) is 0 Å². The van der Waals surface area contributed by atoms with E-state index < -0.39 is 11.4 Å². The Balaban J connectivity index is 1.50. The fourth-order valence-corrected chi connectivity index (χ4v) is 6.27. The number of benzene rings is 2. The van der Waals surface area contributed by atoms with Crippen LogP contribution in [0.3, 0.4) is 0 Å². The van der Waals surface area contributed by atoms with E-state index in [-0.39, 0.29) is 23.0 Å². The van der Waals surface area contributed by atoms with Crippen molar-refractivity contribution in [1.82, 2.24) is 14.7 Å². The van der Waals surface area contributed by atoms with Crippen molar-refractivity contribution < 1.29 is 18.8 Å². The molecule has 1 amide bonds. The number of carbonyl (C=O) groups excluding carboxylic acids is 1. The Morgan fingerprint density at radius 3 is 2.58 bits per heavy atom. The van der Waals surface area contributed by atoms with Crippen LogP contribution in [0, 0.1) is 19.7 Å². The Labute approximate surface area is 225 Å². The first-order valence-corrected chi connectivity index (χ1v) is 13.5. The van der Waals surface area contributed by atoms with E-state index in [1.807, 2.05) is 26.8 Å². The van der Waals surface area contributed by atoms with Crippen molar-refractivity contribution in [2.24, 2.45) is 0 Å². The summed E-state index contributed by atoms with van der Waals surface area (Å²) in [5.41, 5.74) is 4.32. The van der Waals surface area contributed by atoms with Gasteiger partial charge in [-0.1, -0.05) is 22.8 Å². The van der Waals surface area contributed by atoms with Gasteiger partial charge in [0.1, 0.15) is 17.4 Å². The molecule has 2 aromatic carbocycles. The first kappa shape index (κ1) is 25.1. The monoisotopic (exact) mass is 536 g/mol. The molecule has 3 heterocycles. The number of halogens is 2. The molecule has 9 heteroatoms. The SMILES string of the molecule is Cc1noc(C)c1-c1ccc2c(c1)nc(C1CCC(=O)N1c1ccc(Cl)c(F)c1)n2C1CCC(C)(O)CC1. The van der Waals surface area contributed by atoms with Gasteiger partial charge >= 0.3 is 0 Å². The van der Waals surface area contributed by atoms with E-state index in [2.05, 4.69) is 21.9 Å². The van der Waals surface area contributed by atoms with E-state index in [0.29, 0.717) is 31.4 Å². The third-order valence-corrected chi connectivity index (χ3v) is 8.43. The van der Waals surface area contributed by atoms with Gasteiger partial charge in [-0.25, -0.2) is 9.37 Å². The Hall–Kier alpha value is -3.23. The molecule has 1 saturated heterocycles. The summed E-state index contributed by atoms with van der Waals surface area (Å²) in [6, 6.07) is 10.4. The minimum Gasteiger partial charge on any atom is -0.390 e. The minimum absolute atomic E-state index is 0.0188. The van der Waals surface area contributed by atoms with Gasteiger partial charge in [-0.15, -0.1) is 0 Å². The molecule has 1 aliphatic carbocycles. The predicted molar refractivity (Wildman–Crippen MR) is 144 cm³/mol. The molecular formula is C29H30ClFN4O3. The summed E-state index contributed by atoms with van der Waals surface area (Å²) in [5, 5.41) is 14.7. The number of hydrogen-bond acceptors (Lipinski definition) is 5. The molecular weight excluding hydrogens is 507 g/mol. The number of carbonyl (C=O) groups is 1. The topological polar surface area (TPSA) is 84.4 Å². The van der Waals surface area contributed by atoms with Gasteiger partial charge in [0.2, 0.25) is 5.91 Å². The number of amides is 1. The molecule has 1 N–H and O–H groups in total. The molecule has 1 saturated carbocycles. The summed E-state index contributed by atoms with van der Waals surface area (Å²) < 4.78 is 22.1. The molecule has 0 bridgehead atoms. The van der Waals surface area contributed by atoms with Gasteiger partial charge in [-0.05, 0) is 88.8 Å². The quantitative estimate of drug-likeness (QED) is 0.309.